The quantitative estimate of drug-likeness (QED) is 0.790. The van der Waals surface area contributed by atoms with Gasteiger partial charge in [0, 0.05) is 25.3 Å². The molecule has 4 rings (SSSR count). The Morgan fingerprint density at radius 2 is 1.70 bits per heavy atom. The molecule has 0 unspecified atom stereocenters. The fourth-order valence-corrected chi connectivity index (χ4v) is 5.62. The molecule has 0 radical (unpaired) electrons. The Labute approximate surface area is 176 Å². The van der Waals surface area contributed by atoms with Gasteiger partial charge in [0.2, 0.25) is 15.9 Å². The van der Waals surface area contributed by atoms with Crippen LogP contribution in [0.15, 0.2) is 47.4 Å². The lowest BCUT2D eigenvalue weighted by atomic mass is 10.1. The van der Waals surface area contributed by atoms with Crippen LogP contribution in [0.3, 0.4) is 0 Å². The minimum Gasteiger partial charge on any atom is -0.325 e. The van der Waals surface area contributed by atoms with E-state index in [0.717, 1.165) is 37.1 Å². The van der Waals surface area contributed by atoms with E-state index in [0.29, 0.717) is 32.6 Å². The Hall–Kier alpha value is -2.29. The molecule has 1 amide bonds. The number of benzene rings is 2. The molecule has 0 atom stereocenters. The lowest BCUT2D eigenvalue weighted by Gasteiger charge is -2.21. The van der Waals surface area contributed by atoms with Gasteiger partial charge in [-0.15, -0.1) is 0 Å². The van der Waals surface area contributed by atoms with Crippen molar-refractivity contribution in [1.29, 1.82) is 0 Å². The van der Waals surface area contributed by atoms with E-state index in [4.69, 9.17) is 0 Å². The Morgan fingerprint density at radius 3 is 2.50 bits per heavy atom. The number of nitrogens with one attached hydrogen (secondary N) is 1. The molecule has 0 aromatic heterocycles. The first-order chi connectivity index (χ1) is 14.4. The predicted octanol–water partition coefficient (Wildman–Crippen LogP) is 2.65. The number of amides is 1. The van der Waals surface area contributed by atoms with Crippen LogP contribution in [0.5, 0.6) is 0 Å². The molecule has 2 aromatic rings. The summed E-state index contributed by atoms with van der Waals surface area (Å²) in [5.74, 6) is -0.562. The first-order valence-electron chi connectivity index (χ1n) is 10.3. The van der Waals surface area contributed by atoms with Gasteiger partial charge in [-0.3, -0.25) is 9.69 Å². The zero-order valence-electron chi connectivity index (χ0n) is 16.8. The highest BCUT2D eigenvalue weighted by atomic mass is 32.2. The zero-order valence-corrected chi connectivity index (χ0v) is 17.6. The van der Waals surface area contributed by atoms with Crippen LogP contribution < -0.4 is 5.32 Å². The van der Waals surface area contributed by atoms with Crippen LogP contribution in [0.25, 0.3) is 0 Å². The average molecular weight is 432 g/mol. The van der Waals surface area contributed by atoms with Crippen LogP contribution in [0.4, 0.5) is 10.1 Å². The smallest absolute Gasteiger partial charge is 0.243 e. The van der Waals surface area contributed by atoms with E-state index in [9.17, 15) is 17.6 Å². The molecule has 1 saturated heterocycles. The van der Waals surface area contributed by atoms with E-state index in [1.54, 1.807) is 0 Å². The summed E-state index contributed by atoms with van der Waals surface area (Å²) in [6.07, 6.45) is 3.96. The first kappa shape index (κ1) is 21.0. The molecule has 30 heavy (non-hydrogen) atoms. The number of hydrogen-bond acceptors (Lipinski definition) is 4. The van der Waals surface area contributed by atoms with E-state index in [2.05, 4.69) is 17.4 Å². The summed E-state index contributed by atoms with van der Waals surface area (Å²) in [5, 5.41) is 2.96. The topological polar surface area (TPSA) is 69.7 Å². The molecule has 6 nitrogen and oxygen atoms in total. The number of hydrogen-bond donors (Lipinski definition) is 1. The van der Waals surface area contributed by atoms with Crippen molar-refractivity contribution in [2.45, 2.75) is 30.6 Å². The van der Waals surface area contributed by atoms with Crippen molar-refractivity contribution < 1.29 is 17.6 Å². The fourth-order valence-electron chi connectivity index (χ4n) is 4.15. The van der Waals surface area contributed by atoms with Gasteiger partial charge in [0.25, 0.3) is 0 Å². The number of aryl methyl sites for hydroxylation is 2. The lowest BCUT2D eigenvalue weighted by molar-refractivity contribution is -0.117. The third kappa shape index (κ3) is 4.71. The molecule has 0 bridgehead atoms. The molecule has 1 fully saturated rings. The summed E-state index contributed by atoms with van der Waals surface area (Å²) in [6.45, 7) is 2.01. The van der Waals surface area contributed by atoms with E-state index in [-0.39, 0.29) is 17.3 Å². The van der Waals surface area contributed by atoms with Gasteiger partial charge in [0.15, 0.2) is 0 Å². The fraction of sp³-hybridized carbons (Fsp3) is 0.409. The maximum absolute atomic E-state index is 13.1. The third-order valence-electron chi connectivity index (χ3n) is 5.75. The van der Waals surface area contributed by atoms with Gasteiger partial charge in [-0.2, -0.15) is 4.31 Å². The van der Waals surface area contributed by atoms with Crippen LogP contribution in [0.2, 0.25) is 0 Å². The van der Waals surface area contributed by atoms with Crippen LogP contribution in [-0.4, -0.2) is 56.3 Å². The number of carbonyl (C=O) groups is 1. The largest absolute Gasteiger partial charge is 0.325 e. The summed E-state index contributed by atoms with van der Waals surface area (Å²) in [5.41, 5.74) is 3.49. The number of carbonyl (C=O) groups excluding carboxylic acids is 1. The molecule has 0 saturated carbocycles. The Balaban J connectivity index is 1.34. The number of rotatable bonds is 5. The maximum atomic E-state index is 13.1. The highest BCUT2D eigenvalue weighted by Crippen LogP contribution is 2.25. The van der Waals surface area contributed by atoms with E-state index in [1.165, 1.54) is 27.6 Å². The van der Waals surface area contributed by atoms with Gasteiger partial charge in [-0.1, -0.05) is 6.07 Å². The Morgan fingerprint density at radius 1 is 0.933 bits per heavy atom. The van der Waals surface area contributed by atoms with Crippen LogP contribution >= 0.6 is 0 Å². The lowest BCUT2D eigenvalue weighted by Crippen LogP contribution is -2.38. The molecule has 2 aliphatic rings. The third-order valence-corrected chi connectivity index (χ3v) is 7.66. The predicted molar refractivity (Wildman–Crippen MR) is 113 cm³/mol. The first-order valence-corrected chi connectivity index (χ1v) is 11.8. The number of nitrogens with zero attached hydrogens (tertiary/aromatic N) is 2. The maximum Gasteiger partial charge on any atom is 0.243 e. The molecular formula is C22H26FN3O3S. The Kier molecular flexibility index (Phi) is 6.17. The van der Waals surface area contributed by atoms with Crippen molar-refractivity contribution in [2.24, 2.45) is 0 Å². The van der Waals surface area contributed by atoms with Crippen molar-refractivity contribution in [2.75, 3.05) is 38.0 Å². The van der Waals surface area contributed by atoms with Crippen molar-refractivity contribution in [3.8, 4) is 0 Å². The summed E-state index contributed by atoms with van der Waals surface area (Å²) in [6, 6.07) is 11.0. The van der Waals surface area contributed by atoms with Gasteiger partial charge < -0.3 is 5.32 Å². The monoisotopic (exact) mass is 431 g/mol. The van der Waals surface area contributed by atoms with E-state index in [1.807, 2.05) is 11.0 Å². The second-order valence-corrected chi connectivity index (χ2v) is 9.81. The molecule has 1 N–H and O–H groups in total. The second-order valence-electron chi connectivity index (χ2n) is 7.87. The molecule has 1 heterocycles. The van der Waals surface area contributed by atoms with Gasteiger partial charge in [-0.25, -0.2) is 12.8 Å². The molecule has 1 aliphatic carbocycles. The van der Waals surface area contributed by atoms with Crippen molar-refractivity contribution in [3.05, 3.63) is 59.4 Å². The molecular weight excluding hydrogens is 405 g/mol. The SMILES string of the molecule is O=C(CN1CCCN(S(=O)(=O)c2ccc(F)cc2)CC1)Nc1ccc2c(c1)CCC2. The zero-order chi connectivity index (χ0) is 21.1. The molecule has 1 aliphatic heterocycles. The summed E-state index contributed by atoms with van der Waals surface area (Å²) < 4.78 is 40.2. The summed E-state index contributed by atoms with van der Waals surface area (Å²) in [4.78, 5) is 14.6. The average Bonchev–Trinajstić information content (AvgIpc) is 3.05. The number of fused-ring (bicyclic) bond motifs is 1. The van der Waals surface area contributed by atoms with E-state index >= 15 is 0 Å². The van der Waals surface area contributed by atoms with Crippen molar-refractivity contribution >= 4 is 21.6 Å². The van der Waals surface area contributed by atoms with Crippen LogP contribution in [0, 0.1) is 5.82 Å². The number of halogens is 1. The molecule has 8 heteroatoms. The standard InChI is InChI=1S/C22H26FN3O3S/c23-19-6-9-21(10-7-19)30(28,29)26-12-2-11-25(13-14-26)16-22(27)24-20-8-5-17-3-1-4-18(17)15-20/h5-10,15H,1-4,11-14,16H2,(H,24,27). The molecule has 160 valence electrons. The number of anilines is 1. The minimum atomic E-state index is -3.67. The minimum absolute atomic E-state index is 0.0895. The van der Waals surface area contributed by atoms with Gasteiger partial charge in [0.1, 0.15) is 5.82 Å². The highest BCUT2D eigenvalue weighted by Gasteiger charge is 2.27. The van der Waals surface area contributed by atoms with Gasteiger partial charge >= 0.3 is 0 Å². The molecule has 0 spiro atoms. The highest BCUT2D eigenvalue weighted by molar-refractivity contribution is 7.89. The van der Waals surface area contributed by atoms with Crippen molar-refractivity contribution in [3.63, 3.8) is 0 Å². The summed E-state index contributed by atoms with van der Waals surface area (Å²) >= 11 is 0. The second kappa shape index (κ2) is 8.83. The van der Waals surface area contributed by atoms with Crippen LogP contribution in [0.1, 0.15) is 24.0 Å². The van der Waals surface area contributed by atoms with Gasteiger partial charge in [0.05, 0.1) is 11.4 Å². The van der Waals surface area contributed by atoms with Crippen molar-refractivity contribution in [1.82, 2.24) is 9.21 Å². The Bertz CT molecular complexity index is 1020. The summed E-state index contributed by atoms with van der Waals surface area (Å²) in [7, 11) is -3.67. The molecule has 2 aromatic carbocycles. The van der Waals surface area contributed by atoms with E-state index < -0.39 is 15.8 Å². The normalized spacial score (nSPS) is 18.0. The van der Waals surface area contributed by atoms with Crippen LogP contribution in [-0.2, 0) is 27.7 Å². The number of sulfonamides is 1. The van der Waals surface area contributed by atoms with Gasteiger partial charge in [-0.05, 0) is 79.8 Å².